The van der Waals surface area contributed by atoms with Crippen molar-refractivity contribution in [3.05, 3.63) is 78.0 Å². The number of carbonyl (C=O) groups is 2. The van der Waals surface area contributed by atoms with Crippen molar-refractivity contribution in [2.45, 2.75) is 117 Å². The maximum Gasteiger partial charge on any atom is 0.416 e. The predicted molar refractivity (Wildman–Crippen MR) is 207 cm³/mol. The first-order chi connectivity index (χ1) is 24.2. The van der Waals surface area contributed by atoms with Crippen LogP contribution in [0.3, 0.4) is 0 Å². The van der Waals surface area contributed by atoms with Gasteiger partial charge in [0.15, 0.2) is 13.4 Å². The van der Waals surface area contributed by atoms with Gasteiger partial charge in [-0.05, 0) is 82.3 Å². The van der Waals surface area contributed by atoms with Crippen molar-refractivity contribution in [2.24, 2.45) is 0 Å². The van der Waals surface area contributed by atoms with Gasteiger partial charge < -0.3 is 19.2 Å². The number of alkyl halides is 2. The zero-order chi connectivity index (χ0) is 39.7. The predicted octanol–water partition coefficient (Wildman–Crippen LogP) is 11.0. The molecule has 0 radical (unpaired) electrons. The molecule has 0 unspecified atom stereocenters. The summed E-state index contributed by atoms with van der Waals surface area (Å²) in [5, 5.41) is 4.33. The van der Waals surface area contributed by atoms with E-state index in [9.17, 15) is 22.8 Å². The number of thiazole rings is 1. The van der Waals surface area contributed by atoms with Crippen LogP contribution < -0.4 is 10.2 Å². The van der Waals surface area contributed by atoms with Crippen molar-refractivity contribution < 1.29 is 36.7 Å². The monoisotopic (exact) mass is 772 g/mol. The van der Waals surface area contributed by atoms with Crippen LogP contribution in [0.2, 0.25) is 18.1 Å². The van der Waals surface area contributed by atoms with Crippen molar-refractivity contribution in [3.63, 3.8) is 0 Å². The zero-order valence-corrected chi connectivity index (χ0v) is 34.4. The van der Waals surface area contributed by atoms with Crippen LogP contribution in [0.1, 0.15) is 86.5 Å². The fraction of sp³-hybridized carbons (Fsp3) is 0.487. The third-order valence-corrected chi connectivity index (χ3v) is 14.3. The van der Waals surface area contributed by atoms with E-state index in [1.807, 2.05) is 31.3 Å². The van der Waals surface area contributed by atoms with Crippen LogP contribution in [0.15, 0.2) is 60.9 Å². The molecule has 2 amide bonds. The lowest BCUT2D eigenvalue weighted by Gasteiger charge is -2.42. The number of aromatic nitrogens is 2. The molecule has 0 bridgehead atoms. The first-order valence-electron chi connectivity index (χ1n) is 17.4. The van der Waals surface area contributed by atoms with E-state index in [-0.39, 0.29) is 22.3 Å². The Balaban J connectivity index is 1.86. The maximum absolute atomic E-state index is 14.3. The molecular weight excluding hydrogens is 722 g/mol. The molecule has 0 spiro atoms. The van der Waals surface area contributed by atoms with Gasteiger partial charge in [0.2, 0.25) is 5.95 Å². The van der Waals surface area contributed by atoms with Crippen LogP contribution in [0.5, 0.6) is 0 Å². The number of rotatable bonds is 10. The Bertz CT molecular complexity index is 1910. The summed E-state index contributed by atoms with van der Waals surface area (Å²) in [6.07, 6.45) is 0.659. The normalized spacial score (nSPS) is 14.1. The summed E-state index contributed by atoms with van der Waals surface area (Å²) < 4.78 is 61.2. The molecule has 4 rings (SSSR count). The number of halogens is 3. The van der Waals surface area contributed by atoms with Crippen LogP contribution >= 0.6 is 11.3 Å². The van der Waals surface area contributed by atoms with Gasteiger partial charge in [-0.15, -0.1) is 0 Å². The van der Waals surface area contributed by atoms with Crippen LogP contribution in [-0.2, 0) is 19.8 Å². The molecule has 0 saturated heterocycles. The average Bonchev–Trinajstić information content (AvgIpc) is 3.49. The molecule has 53 heavy (non-hydrogen) atoms. The second-order valence-corrected chi connectivity index (χ2v) is 22.5. The number of hydrogen-bond acceptors (Lipinski definition) is 8. The minimum atomic E-state index is -3.07. The lowest BCUT2D eigenvalue weighted by Crippen LogP contribution is -2.54. The lowest BCUT2D eigenvalue weighted by molar-refractivity contribution is 0.0173. The molecule has 4 aromatic rings. The second-order valence-electron chi connectivity index (χ2n) is 16.7. The summed E-state index contributed by atoms with van der Waals surface area (Å²) in [6.45, 7) is 21.3. The van der Waals surface area contributed by atoms with Crippen LogP contribution in [0, 0.1) is 5.95 Å². The molecule has 1 N–H and O–H groups in total. The zero-order valence-electron chi connectivity index (χ0n) is 32.6. The van der Waals surface area contributed by atoms with Gasteiger partial charge in [0.1, 0.15) is 11.2 Å². The summed E-state index contributed by atoms with van der Waals surface area (Å²) in [6, 6.07) is 11.7. The Morgan fingerprint density at radius 1 is 0.849 bits per heavy atom. The first kappa shape index (κ1) is 41.7. The molecule has 2 heterocycles. The Kier molecular flexibility index (Phi) is 12.1. The number of hydrogen-bond donors (Lipinski definition) is 1. The quantitative estimate of drug-likeness (QED) is 0.126. The highest BCUT2D eigenvalue weighted by Gasteiger charge is 2.43. The summed E-state index contributed by atoms with van der Waals surface area (Å²) in [7, 11) is -2.64. The minimum absolute atomic E-state index is 0.178. The number of anilines is 1. The molecule has 2 atom stereocenters. The van der Waals surface area contributed by atoms with E-state index in [4.69, 9.17) is 13.9 Å². The van der Waals surface area contributed by atoms with Gasteiger partial charge in [0.25, 0.3) is 5.92 Å². The molecule has 0 aliphatic heterocycles. The van der Waals surface area contributed by atoms with Gasteiger partial charge in [-0.25, -0.2) is 28.3 Å². The minimum Gasteiger partial charge on any atom is -0.444 e. The summed E-state index contributed by atoms with van der Waals surface area (Å²) in [5.41, 5.74) is -0.662. The smallest absolute Gasteiger partial charge is 0.416 e. The number of alkyl carbamates (subject to hydrolysis) is 1. The molecule has 9 nitrogen and oxygen atoms in total. The molecular formula is C39H51F3N4O5SSi. The second kappa shape index (κ2) is 15.4. The van der Waals surface area contributed by atoms with Crippen LogP contribution in [-0.4, -0.2) is 54.3 Å². The largest absolute Gasteiger partial charge is 0.444 e. The van der Waals surface area contributed by atoms with Crippen molar-refractivity contribution in [1.29, 1.82) is 0 Å². The van der Waals surface area contributed by atoms with Gasteiger partial charge in [0, 0.05) is 36.3 Å². The highest BCUT2D eigenvalue weighted by Crippen LogP contribution is 2.42. The Labute approximate surface area is 315 Å². The molecule has 2 aromatic heterocycles. The highest BCUT2D eigenvalue weighted by atomic mass is 32.1. The first-order valence-corrected chi connectivity index (χ1v) is 21.1. The van der Waals surface area contributed by atoms with Crippen molar-refractivity contribution in [1.82, 2.24) is 15.3 Å². The highest BCUT2D eigenvalue weighted by molar-refractivity contribution is 7.19. The fourth-order valence-electron chi connectivity index (χ4n) is 5.05. The number of amides is 2. The number of fused-ring (bicyclic) bond motifs is 1. The average molecular weight is 773 g/mol. The van der Waals surface area contributed by atoms with Crippen LogP contribution in [0.25, 0.3) is 21.2 Å². The topological polar surface area (TPSA) is 103 Å². The molecule has 0 fully saturated rings. The molecule has 0 aliphatic rings. The standard InChI is InChI=1S/C39H51F3N4O5SSi/c1-36(2,3)49-34(47)45-29(32(51-53(11,12)38(7,8)9)24-15-17-28(18-16-24)39(10,41)42)23-46(35(48)50-37(4,5)6)33-44-22-30(52-33)25-13-14-26-21-43-31(40)20-27(26)19-25/h13-22,29,32H,23H2,1-12H3,(H,45,47)/t29-,32+/m1/s1. The maximum atomic E-state index is 14.3. The van der Waals surface area contributed by atoms with E-state index in [1.165, 1.54) is 40.6 Å². The van der Waals surface area contributed by atoms with E-state index in [1.54, 1.807) is 59.9 Å². The summed E-state index contributed by atoms with van der Waals surface area (Å²) in [5.74, 6) is -3.68. The number of carbonyl (C=O) groups excluding carboxylic acids is 2. The third kappa shape index (κ3) is 11.2. The third-order valence-electron chi connectivity index (χ3n) is 8.73. The van der Waals surface area contributed by atoms with E-state index >= 15 is 0 Å². The molecule has 0 aliphatic carbocycles. The van der Waals surface area contributed by atoms with Crippen molar-refractivity contribution in [2.75, 3.05) is 11.4 Å². The molecule has 288 valence electrons. The van der Waals surface area contributed by atoms with E-state index in [0.29, 0.717) is 15.8 Å². The lowest BCUT2D eigenvalue weighted by atomic mass is 9.99. The number of pyridine rings is 1. The van der Waals surface area contributed by atoms with E-state index < -0.39 is 55.7 Å². The van der Waals surface area contributed by atoms with Gasteiger partial charge in [0.05, 0.1) is 23.6 Å². The Morgan fingerprint density at radius 2 is 1.47 bits per heavy atom. The number of benzene rings is 2. The fourth-order valence-corrected chi connectivity index (χ4v) is 7.25. The number of nitrogens with one attached hydrogen (secondary N) is 1. The van der Waals surface area contributed by atoms with Crippen molar-refractivity contribution >= 4 is 47.7 Å². The van der Waals surface area contributed by atoms with Gasteiger partial charge in [-0.2, -0.15) is 4.39 Å². The Hall–Kier alpha value is -4.01. The molecule has 2 aromatic carbocycles. The SMILES string of the molecule is CC(C)(C)OC(=O)N[C@H](CN(C(=O)OC(C)(C)C)c1ncc(-c2ccc3cnc(F)cc3c2)s1)[C@@H](O[Si](C)(C)C(C)(C)C)c1ccc(C(C)(F)F)cc1. The van der Waals surface area contributed by atoms with Gasteiger partial charge in [-0.3, -0.25) is 4.90 Å². The van der Waals surface area contributed by atoms with E-state index in [2.05, 4.69) is 36.1 Å². The molecule has 14 heteroatoms. The van der Waals surface area contributed by atoms with E-state index in [0.717, 1.165) is 17.9 Å². The Morgan fingerprint density at radius 3 is 2.04 bits per heavy atom. The van der Waals surface area contributed by atoms with Gasteiger partial charge in [-0.1, -0.05) is 68.5 Å². The van der Waals surface area contributed by atoms with Crippen LogP contribution in [0.4, 0.5) is 27.9 Å². The van der Waals surface area contributed by atoms with Crippen molar-refractivity contribution in [3.8, 4) is 10.4 Å². The number of ether oxygens (including phenoxy) is 2. The number of nitrogens with zero attached hydrogens (tertiary/aromatic N) is 3. The molecule has 0 saturated carbocycles. The van der Waals surface area contributed by atoms with Gasteiger partial charge >= 0.3 is 12.2 Å². The summed E-state index contributed by atoms with van der Waals surface area (Å²) >= 11 is 1.21. The summed E-state index contributed by atoms with van der Waals surface area (Å²) in [4.78, 5) is 38.0.